The zero-order valence-corrected chi connectivity index (χ0v) is 14.1. The van der Waals surface area contributed by atoms with Crippen LogP contribution in [0.15, 0.2) is 9.98 Å². The molecule has 0 radical (unpaired) electrons. The van der Waals surface area contributed by atoms with Crippen molar-refractivity contribution in [2.24, 2.45) is 9.98 Å². The summed E-state index contributed by atoms with van der Waals surface area (Å²) in [5, 5.41) is 3.57. The van der Waals surface area contributed by atoms with Crippen LogP contribution in [0.2, 0.25) is 0 Å². The number of unbranched alkanes of at least 4 members (excludes halogenated alkanes) is 1. The van der Waals surface area contributed by atoms with Gasteiger partial charge in [-0.3, -0.25) is 9.98 Å². The van der Waals surface area contributed by atoms with E-state index in [1.165, 1.54) is 50.3 Å². The van der Waals surface area contributed by atoms with Crippen molar-refractivity contribution in [3.05, 3.63) is 0 Å². The SMILES string of the molecule is CCCC1=NC[C@H](CCCCN2C[C@H](C)N=C2CCC)N1. The van der Waals surface area contributed by atoms with Crippen LogP contribution in [0.5, 0.6) is 0 Å². The van der Waals surface area contributed by atoms with E-state index in [9.17, 15) is 0 Å². The minimum atomic E-state index is 0.494. The normalized spacial score (nSPS) is 25.0. The molecule has 4 heteroatoms. The quantitative estimate of drug-likeness (QED) is 0.663. The highest BCUT2D eigenvalue weighted by atomic mass is 15.2. The summed E-state index contributed by atoms with van der Waals surface area (Å²) in [4.78, 5) is 11.9. The van der Waals surface area contributed by atoms with Gasteiger partial charge in [-0.15, -0.1) is 0 Å². The lowest BCUT2D eigenvalue weighted by atomic mass is 10.1. The van der Waals surface area contributed by atoms with Gasteiger partial charge in [0.1, 0.15) is 0 Å². The van der Waals surface area contributed by atoms with Crippen molar-refractivity contribution >= 4 is 11.7 Å². The molecule has 2 atom stereocenters. The first-order chi connectivity index (χ1) is 10.2. The fourth-order valence-corrected chi connectivity index (χ4v) is 3.26. The molecule has 0 aromatic rings. The molecule has 0 amide bonds. The molecule has 0 saturated heterocycles. The van der Waals surface area contributed by atoms with Crippen molar-refractivity contribution in [3.8, 4) is 0 Å². The monoisotopic (exact) mass is 292 g/mol. The van der Waals surface area contributed by atoms with Gasteiger partial charge in [0, 0.05) is 32.0 Å². The van der Waals surface area contributed by atoms with Crippen LogP contribution in [-0.2, 0) is 0 Å². The van der Waals surface area contributed by atoms with Crippen LogP contribution >= 0.6 is 0 Å². The Morgan fingerprint density at radius 3 is 2.76 bits per heavy atom. The summed E-state index contributed by atoms with van der Waals surface area (Å²) in [6.45, 7) is 9.97. The molecule has 2 heterocycles. The van der Waals surface area contributed by atoms with Crippen molar-refractivity contribution in [3.63, 3.8) is 0 Å². The molecule has 0 aromatic carbocycles. The lowest BCUT2D eigenvalue weighted by Crippen LogP contribution is -2.31. The first-order valence-electron chi connectivity index (χ1n) is 8.84. The predicted octanol–water partition coefficient (Wildman–Crippen LogP) is 3.23. The molecular weight excluding hydrogens is 260 g/mol. The summed E-state index contributed by atoms with van der Waals surface area (Å²) in [5.74, 6) is 2.57. The number of hydrogen-bond acceptors (Lipinski definition) is 4. The van der Waals surface area contributed by atoms with Crippen LogP contribution in [-0.4, -0.2) is 48.3 Å². The van der Waals surface area contributed by atoms with Gasteiger partial charge < -0.3 is 10.2 Å². The highest BCUT2D eigenvalue weighted by Gasteiger charge is 2.21. The Hall–Kier alpha value is -1.06. The number of nitrogens with zero attached hydrogens (tertiary/aromatic N) is 3. The van der Waals surface area contributed by atoms with Crippen LogP contribution in [0, 0.1) is 0 Å². The standard InChI is InChI=1S/C17H32N4/c1-4-8-16-18-12-15(20-16)10-6-7-11-21-13-14(3)19-17(21)9-5-2/h14-15H,4-13H2,1-3H3,(H,18,20)/t14-,15-/m0/s1. The van der Waals surface area contributed by atoms with Gasteiger partial charge >= 0.3 is 0 Å². The van der Waals surface area contributed by atoms with Crippen molar-refractivity contribution in [1.29, 1.82) is 0 Å². The van der Waals surface area contributed by atoms with E-state index >= 15 is 0 Å². The predicted molar refractivity (Wildman–Crippen MR) is 91.4 cm³/mol. The third-order valence-corrected chi connectivity index (χ3v) is 4.28. The average molecular weight is 292 g/mol. The maximum absolute atomic E-state index is 4.76. The van der Waals surface area contributed by atoms with Gasteiger partial charge in [0.15, 0.2) is 0 Å². The van der Waals surface area contributed by atoms with Gasteiger partial charge in [0.25, 0.3) is 0 Å². The number of nitrogens with one attached hydrogen (secondary N) is 1. The molecule has 0 fully saturated rings. The topological polar surface area (TPSA) is 40.0 Å². The van der Waals surface area contributed by atoms with Gasteiger partial charge in [-0.2, -0.15) is 0 Å². The third kappa shape index (κ3) is 5.01. The molecule has 2 aliphatic heterocycles. The second-order valence-corrected chi connectivity index (χ2v) is 6.46. The number of rotatable bonds is 9. The van der Waals surface area contributed by atoms with Gasteiger partial charge in [-0.05, 0) is 39.0 Å². The Bertz CT molecular complexity index is 375. The van der Waals surface area contributed by atoms with E-state index in [2.05, 4.69) is 36.0 Å². The lowest BCUT2D eigenvalue weighted by molar-refractivity contribution is 0.401. The highest BCUT2D eigenvalue weighted by Crippen LogP contribution is 2.15. The molecule has 0 bridgehead atoms. The first-order valence-corrected chi connectivity index (χ1v) is 8.84. The second-order valence-electron chi connectivity index (χ2n) is 6.46. The molecule has 0 aliphatic carbocycles. The first kappa shape index (κ1) is 16.3. The zero-order chi connectivity index (χ0) is 15.1. The van der Waals surface area contributed by atoms with Gasteiger partial charge in [-0.25, -0.2) is 0 Å². The minimum Gasteiger partial charge on any atom is -0.369 e. The summed E-state index contributed by atoms with van der Waals surface area (Å²) in [6, 6.07) is 1.08. The molecule has 0 spiro atoms. The molecule has 0 aromatic heterocycles. The van der Waals surface area contributed by atoms with Gasteiger partial charge in [0.05, 0.1) is 24.3 Å². The highest BCUT2D eigenvalue weighted by molar-refractivity contribution is 5.84. The van der Waals surface area contributed by atoms with Crippen LogP contribution in [0.4, 0.5) is 0 Å². The molecule has 1 N–H and O–H groups in total. The summed E-state index contributed by atoms with van der Waals surface area (Å²) < 4.78 is 0. The molecule has 0 unspecified atom stereocenters. The fraction of sp³-hybridized carbons (Fsp3) is 0.882. The van der Waals surface area contributed by atoms with Crippen LogP contribution in [0.3, 0.4) is 0 Å². The van der Waals surface area contributed by atoms with E-state index in [1.54, 1.807) is 0 Å². The van der Waals surface area contributed by atoms with Gasteiger partial charge in [0.2, 0.25) is 0 Å². The Labute approximate surface area is 130 Å². The van der Waals surface area contributed by atoms with E-state index in [0.29, 0.717) is 12.1 Å². The fourth-order valence-electron chi connectivity index (χ4n) is 3.26. The van der Waals surface area contributed by atoms with Crippen molar-refractivity contribution < 1.29 is 0 Å². The maximum Gasteiger partial charge on any atom is 0.0993 e. The Kier molecular flexibility index (Phi) is 6.52. The van der Waals surface area contributed by atoms with E-state index in [1.807, 2.05) is 0 Å². The summed E-state index contributed by atoms with van der Waals surface area (Å²) >= 11 is 0. The number of hydrogen-bond donors (Lipinski definition) is 1. The summed E-state index contributed by atoms with van der Waals surface area (Å²) in [5.41, 5.74) is 0. The van der Waals surface area contributed by atoms with Crippen molar-refractivity contribution in [2.45, 2.75) is 77.8 Å². The molecule has 2 aliphatic rings. The Morgan fingerprint density at radius 1 is 1.19 bits per heavy atom. The lowest BCUT2D eigenvalue weighted by Gasteiger charge is -2.21. The molecular formula is C17H32N4. The molecule has 0 saturated carbocycles. The third-order valence-electron chi connectivity index (χ3n) is 4.28. The van der Waals surface area contributed by atoms with E-state index in [4.69, 9.17) is 4.99 Å². The Morgan fingerprint density at radius 2 is 2.00 bits per heavy atom. The molecule has 21 heavy (non-hydrogen) atoms. The van der Waals surface area contributed by atoms with Crippen molar-refractivity contribution in [2.75, 3.05) is 19.6 Å². The summed E-state index contributed by atoms with van der Waals surface area (Å²) in [7, 11) is 0. The number of amidine groups is 2. The minimum absolute atomic E-state index is 0.494. The van der Waals surface area contributed by atoms with Crippen LogP contribution in [0.25, 0.3) is 0 Å². The molecule has 120 valence electrons. The van der Waals surface area contributed by atoms with Crippen LogP contribution < -0.4 is 5.32 Å². The number of aliphatic imine (C=N–C) groups is 2. The van der Waals surface area contributed by atoms with Crippen molar-refractivity contribution in [1.82, 2.24) is 10.2 Å². The van der Waals surface area contributed by atoms with E-state index < -0.39 is 0 Å². The van der Waals surface area contributed by atoms with E-state index in [-0.39, 0.29) is 0 Å². The average Bonchev–Trinajstić information content (AvgIpc) is 3.03. The largest absolute Gasteiger partial charge is 0.369 e. The van der Waals surface area contributed by atoms with Gasteiger partial charge in [-0.1, -0.05) is 13.8 Å². The molecule has 2 rings (SSSR count). The second kappa shape index (κ2) is 8.40. The van der Waals surface area contributed by atoms with Crippen LogP contribution in [0.1, 0.15) is 65.7 Å². The Balaban J connectivity index is 1.59. The zero-order valence-electron chi connectivity index (χ0n) is 14.1. The maximum atomic E-state index is 4.76. The van der Waals surface area contributed by atoms with E-state index in [0.717, 1.165) is 25.9 Å². The summed E-state index contributed by atoms with van der Waals surface area (Å²) in [6.07, 6.45) is 8.45. The molecule has 4 nitrogen and oxygen atoms in total. The smallest absolute Gasteiger partial charge is 0.0993 e.